The van der Waals surface area contributed by atoms with Crippen molar-refractivity contribution in [3.63, 3.8) is 0 Å². The van der Waals surface area contributed by atoms with Crippen LogP contribution in [-0.2, 0) is 9.53 Å². The summed E-state index contributed by atoms with van der Waals surface area (Å²) in [6, 6.07) is 10.8. The maximum absolute atomic E-state index is 12.1. The second kappa shape index (κ2) is 7.53. The van der Waals surface area contributed by atoms with Crippen molar-refractivity contribution in [3.8, 4) is 5.75 Å². The van der Waals surface area contributed by atoms with Crippen molar-refractivity contribution < 1.29 is 19.1 Å². The molecule has 0 aliphatic carbocycles. The molecule has 0 bridgehead atoms. The van der Waals surface area contributed by atoms with E-state index in [1.54, 1.807) is 24.3 Å². The molecule has 134 valence electrons. The summed E-state index contributed by atoms with van der Waals surface area (Å²) in [6.45, 7) is 3.60. The van der Waals surface area contributed by atoms with Gasteiger partial charge in [0.25, 0.3) is 5.91 Å². The molecule has 6 nitrogen and oxygen atoms in total. The number of para-hydroxylation sites is 1. The van der Waals surface area contributed by atoms with Gasteiger partial charge in [0.1, 0.15) is 11.3 Å². The maximum atomic E-state index is 12.1. The van der Waals surface area contributed by atoms with Crippen LogP contribution < -0.4 is 10.1 Å². The van der Waals surface area contributed by atoms with Gasteiger partial charge in [0.15, 0.2) is 11.7 Å². The number of rotatable bonds is 5. The predicted octanol–water partition coefficient (Wildman–Crippen LogP) is 3.72. The SMILES string of the molecule is COc1ccccc1C(=O)OCC(=O)Nc1nc2c(C)cc(C)cc2s1. The van der Waals surface area contributed by atoms with E-state index in [2.05, 4.69) is 10.3 Å². The molecule has 0 aliphatic heterocycles. The van der Waals surface area contributed by atoms with Crippen LogP contribution in [0.2, 0.25) is 0 Å². The molecular formula is C19H18N2O4S. The number of carbonyl (C=O) groups excluding carboxylic acids is 2. The Bertz CT molecular complexity index is 981. The molecule has 0 atom stereocenters. The third-order valence-electron chi connectivity index (χ3n) is 3.74. The number of fused-ring (bicyclic) bond motifs is 1. The highest BCUT2D eigenvalue weighted by atomic mass is 32.1. The second-order valence-electron chi connectivity index (χ2n) is 5.77. The highest BCUT2D eigenvalue weighted by Gasteiger charge is 2.16. The average molecular weight is 370 g/mol. The van der Waals surface area contributed by atoms with Crippen LogP contribution in [0, 0.1) is 13.8 Å². The number of anilines is 1. The maximum Gasteiger partial charge on any atom is 0.342 e. The molecule has 0 unspecified atom stereocenters. The molecule has 26 heavy (non-hydrogen) atoms. The van der Waals surface area contributed by atoms with Gasteiger partial charge in [0, 0.05) is 0 Å². The summed E-state index contributed by atoms with van der Waals surface area (Å²) in [6.07, 6.45) is 0. The minimum atomic E-state index is -0.617. The minimum Gasteiger partial charge on any atom is -0.496 e. The van der Waals surface area contributed by atoms with E-state index in [1.807, 2.05) is 26.0 Å². The smallest absolute Gasteiger partial charge is 0.342 e. The van der Waals surface area contributed by atoms with Crippen LogP contribution in [0.4, 0.5) is 5.13 Å². The number of aryl methyl sites for hydroxylation is 2. The summed E-state index contributed by atoms with van der Waals surface area (Å²) in [5.41, 5.74) is 3.33. The number of ether oxygens (including phenoxy) is 2. The Kier molecular flexibility index (Phi) is 5.18. The number of aromatic nitrogens is 1. The van der Waals surface area contributed by atoms with Crippen LogP contribution in [-0.4, -0.2) is 30.6 Å². The highest BCUT2D eigenvalue weighted by molar-refractivity contribution is 7.22. The number of nitrogens with zero attached hydrogens (tertiary/aromatic N) is 1. The third-order valence-corrected chi connectivity index (χ3v) is 4.66. The number of methoxy groups -OCH3 is 1. The van der Waals surface area contributed by atoms with E-state index >= 15 is 0 Å². The first kappa shape index (κ1) is 17.9. The zero-order chi connectivity index (χ0) is 18.7. The van der Waals surface area contributed by atoms with E-state index in [1.165, 1.54) is 18.4 Å². The first-order valence-corrected chi connectivity index (χ1v) is 8.77. The van der Waals surface area contributed by atoms with Crippen LogP contribution in [0.3, 0.4) is 0 Å². The molecule has 1 heterocycles. The fourth-order valence-electron chi connectivity index (χ4n) is 2.60. The Morgan fingerprint density at radius 2 is 1.96 bits per heavy atom. The molecule has 0 saturated carbocycles. The van der Waals surface area contributed by atoms with Gasteiger partial charge in [0.05, 0.1) is 17.3 Å². The molecule has 0 aliphatic rings. The standard InChI is InChI=1S/C19H18N2O4S/c1-11-8-12(2)17-15(9-11)26-19(21-17)20-16(22)10-25-18(23)13-6-4-5-7-14(13)24-3/h4-9H,10H2,1-3H3,(H,20,21,22). The molecule has 1 N–H and O–H groups in total. The number of hydrogen-bond donors (Lipinski definition) is 1. The van der Waals surface area contributed by atoms with Crippen molar-refractivity contribution in [3.05, 3.63) is 53.1 Å². The Balaban J connectivity index is 1.64. The summed E-state index contributed by atoms with van der Waals surface area (Å²) >= 11 is 1.39. The van der Waals surface area contributed by atoms with Gasteiger partial charge >= 0.3 is 5.97 Å². The number of carbonyl (C=O) groups is 2. The number of thiazole rings is 1. The van der Waals surface area contributed by atoms with Gasteiger partial charge in [-0.05, 0) is 43.2 Å². The highest BCUT2D eigenvalue weighted by Crippen LogP contribution is 2.29. The van der Waals surface area contributed by atoms with Crippen molar-refractivity contribution in [2.75, 3.05) is 19.0 Å². The third kappa shape index (κ3) is 3.83. The number of esters is 1. The van der Waals surface area contributed by atoms with Gasteiger partial charge in [-0.25, -0.2) is 9.78 Å². The van der Waals surface area contributed by atoms with Crippen molar-refractivity contribution in [1.29, 1.82) is 0 Å². The first-order valence-electron chi connectivity index (χ1n) is 7.95. The zero-order valence-electron chi connectivity index (χ0n) is 14.7. The van der Waals surface area contributed by atoms with Gasteiger partial charge in [-0.3, -0.25) is 10.1 Å². The molecule has 1 amide bonds. The predicted molar refractivity (Wildman–Crippen MR) is 101 cm³/mol. The van der Waals surface area contributed by atoms with Gasteiger partial charge in [-0.15, -0.1) is 0 Å². The summed E-state index contributed by atoms with van der Waals surface area (Å²) in [4.78, 5) is 28.6. The fourth-order valence-corrected chi connectivity index (χ4v) is 3.66. The number of nitrogens with one attached hydrogen (secondary N) is 1. The Morgan fingerprint density at radius 1 is 1.19 bits per heavy atom. The molecule has 1 aromatic heterocycles. The lowest BCUT2D eigenvalue weighted by atomic mass is 10.1. The number of benzene rings is 2. The van der Waals surface area contributed by atoms with E-state index in [0.717, 1.165) is 21.3 Å². The lowest BCUT2D eigenvalue weighted by molar-refractivity contribution is -0.119. The summed E-state index contributed by atoms with van der Waals surface area (Å²) in [7, 11) is 1.47. The summed E-state index contributed by atoms with van der Waals surface area (Å²) < 4.78 is 11.2. The lowest BCUT2D eigenvalue weighted by Crippen LogP contribution is -2.21. The van der Waals surface area contributed by atoms with E-state index < -0.39 is 18.5 Å². The monoisotopic (exact) mass is 370 g/mol. The van der Waals surface area contributed by atoms with E-state index in [9.17, 15) is 9.59 Å². The second-order valence-corrected chi connectivity index (χ2v) is 6.80. The zero-order valence-corrected chi connectivity index (χ0v) is 15.5. The van der Waals surface area contributed by atoms with Crippen LogP contribution in [0.5, 0.6) is 5.75 Å². The molecular weight excluding hydrogens is 352 g/mol. The van der Waals surface area contributed by atoms with E-state index in [4.69, 9.17) is 9.47 Å². The van der Waals surface area contributed by atoms with Crippen LogP contribution in [0.25, 0.3) is 10.2 Å². The number of amides is 1. The molecule has 0 radical (unpaired) electrons. The first-order chi connectivity index (χ1) is 12.5. The molecule has 2 aromatic carbocycles. The average Bonchev–Trinajstić information content (AvgIpc) is 3.02. The summed E-state index contributed by atoms with van der Waals surface area (Å²) in [5, 5.41) is 3.15. The molecule has 0 fully saturated rings. The van der Waals surface area contributed by atoms with Crippen molar-refractivity contribution in [2.24, 2.45) is 0 Å². The number of hydrogen-bond acceptors (Lipinski definition) is 6. The van der Waals surface area contributed by atoms with Crippen molar-refractivity contribution in [2.45, 2.75) is 13.8 Å². The van der Waals surface area contributed by atoms with Gasteiger partial charge in [-0.1, -0.05) is 29.5 Å². The van der Waals surface area contributed by atoms with Crippen LogP contribution in [0.1, 0.15) is 21.5 Å². The fraction of sp³-hybridized carbons (Fsp3) is 0.211. The normalized spacial score (nSPS) is 10.6. The Labute approximate surface area is 154 Å². The Morgan fingerprint density at radius 3 is 2.73 bits per heavy atom. The minimum absolute atomic E-state index is 0.272. The molecule has 0 spiro atoms. The van der Waals surface area contributed by atoms with E-state index in [-0.39, 0.29) is 5.56 Å². The molecule has 7 heteroatoms. The van der Waals surface area contributed by atoms with E-state index in [0.29, 0.717) is 10.9 Å². The largest absolute Gasteiger partial charge is 0.496 e. The molecule has 3 aromatic rings. The van der Waals surface area contributed by atoms with Crippen LogP contribution in [0.15, 0.2) is 36.4 Å². The lowest BCUT2D eigenvalue weighted by Gasteiger charge is -2.08. The van der Waals surface area contributed by atoms with Gasteiger partial charge in [0.2, 0.25) is 0 Å². The van der Waals surface area contributed by atoms with Crippen LogP contribution >= 0.6 is 11.3 Å². The summed E-state index contributed by atoms with van der Waals surface area (Å²) in [5.74, 6) is -0.662. The quantitative estimate of drug-likeness (QED) is 0.693. The molecule has 3 rings (SSSR count). The Hall–Kier alpha value is -2.93. The molecule has 0 saturated heterocycles. The van der Waals surface area contributed by atoms with Crippen molar-refractivity contribution >= 4 is 38.6 Å². The van der Waals surface area contributed by atoms with Gasteiger partial charge in [-0.2, -0.15) is 0 Å². The topological polar surface area (TPSA) is 77.5 Å². The van der Waals surface area contributed by atoms with Crippen molar-refractivity contribution in [1.82, 2.24) is 4.98 Å². The van der Waals surface area contributed by atoms with Gasteiger partial charge < -0.3 is 9.47 Å².